The van der Waals surface area contributed by atoms with Gasteiger partial charge >= 0.3 is 5.97 Å². The molecule has 530 valence electrons. The summed E-state index contributed by atoms with van der Waals surface area (Å²) >= 11 is 0. The van der Waals surface area contributed by atoms with Gasteiger partial charge in [-0.05, 0) is 107 Å². The van der Waals surface area contributed by atoms with Gasteiger partial charge in [0.2, 0.25) is 59.1 Å². The van der Waals surface area contributed by atoms with E-state index in [0.717, 1.165) is 14.7 Å². The average molecular weight is 1320 g/mol. The maximum atomic E-state index is 16.1. The summed E-state index contributed by atoms with van der Waals surface area (Å²) in [4.78, 5) is 186. The van der Waals surface area contributed by atoms with Crippen LogP contribution in [0.2, 0.25) is 0 Å². The minimum absolute atomic E-state index is 0.0150. The summed E-state index contributed by atoms with van der Waals surface area (Å²) in [5.74, 6) is -13.1. The summed E-state index contributed by atoms with van der Waals surface area (Å²) in [7, 11) is 9.38. The lowest BCUT2D eigenvalue weighted by atomic mass is 9.89. The van der Waals surface area contributed by atoms with E-state index in [2.05, 4.69) is 21.3 Å². The highest BCUT2D eigenvalue weighted by Crippen LogP contribution is 2.34. The van der Waals surface area contributed by atoms with Gasteiger partial charge in [0.25, 0.3) is 11.6 Å². The number of benzene rings is 1. The number of carbonyl (C=O) groups is 12. The third-order valence-electron chi connectivity index (χ3n) is 17.6. The molecule has 25 heteroatoms. The fourth-order valence-electron chi connectivity index (χ4n) is 11.6. The van der Waals surface area contributed by atoms with E-state index < -0.39 is 161 Å². The van der Waals surface area contributed by atoms with Gasteiger partial charge in [-0.1, -0.05) is 127 Å². The summed E-state index contributed by atoms with van der Waals surface area (Å²) in [5, 5.41) is 23.3. The first-order valence-electron chi connectivity index (χ1n) is 33.2. The van der Waals surface area contributed by atoms with Crippen molar-refractivity contribution in [3.05, 3.63) is 48.0 Å². The molecule has 1 aromatic rings. The second-order valence-corrected chi connectivity index (χ2v) is 27.9. The molecule has 12 atom stereocenters. The number of nitrogens with one attached hydrogen (secondary N) is 4. The van der Waals surface area contributed by atoms with Gasteiger partial charge in [-0.15, -0.1) is 0 Å². The summed E-state index contributed by atoms with van der Waals surface area (Å²) in [6, 6.07) is -4.38. The van der Waals surface area contributed by atoms with E-state index in [9.17, 15) is 43.5 Å². The number of rotatable bonds is 17. The van der Waals surface area contributed by atoms with Crippen molar-refractivity contribution in [3.63, 3.8) is 0 Å². The summed E-state index contributed by atoms with van der Waals surface area (Å²) < 4.78 is 6.39. The Bertz CT molecular complexity index is 2810. The Morgan fingerprint density at radius 3 is 1.50 bits per heavy atom. The molecule has 11 amide bonds. The van der Waals surface area contributed by atoms with E-state index >= 15 is 19.2 Å². The number of carbonyl (C=O) groups excluding carboxylic acids is 12. The fraction of sp³-hybridized carbons (Fsp3) is 0.710. The van der Waals surface area contributed by atoms with E-state index in [0.29, 0.717) is 0 Å². The average Bonchev–Trinajstić information content (AvgIpc) is 0.752. The molecule has 0 aliphatic carbocycles. The minimum Gasteiger partial charge on any atom is -0.425 e. The van der Waals surface area contributed by atoms with Crippen molar-refractivity contribution in [1.29, 1.82) is 0 Å². The van der Waals surface area contributed by atoms with Gasteiger partial charge in [0.05, 0.1) is 18.2 Å². The Labute approximate surface area is 559 Å². The van der Waals surface area contributed by atoms with E-state index in [4.69, 9.17) is 4.74 Å². The van der Waals surface area contributed by atoms with Crippen LogP contribution in [0.15, 0.2) is 42.5 Å². The second-order valence-electron chi connectivity index (χ2n) is 27.9. The first-order chi connectivity index (χ1) is 43.6. The second kappa shape index (κ2) is 37.0. The lowest BCUT2D eigenvalue weighted by molar-refractivity contribution is -0.195. The van der Waals surface area contributed by atoms with E-state index in [1.165, 1.54) is 109 Å². The van der Waals surface area contributed by atoms with Crippen LogP contribution in [0, 0.1) is 41.4 Å². The molecule has 25 nitrogen and oxygen atoms in total. The number of ether oxygens (including phenoxy) is 1. The fourth-order valence-corrected chi connectivity index (χ4v) is 11.6. The number of allylic oxidation sites excluding steroid dienone is 2. The van der Waals surface area contributed by atoms with Crippen molar-refractivity contribution in [2.75, 3.05) is 55.9 Å². The molecule has 0 radical (unpaired) electrons. The normalized spacial score (nSPS) is 26.1. The minimum atomic E-state index is -2.66. The molecule has 1 aliphatic heterocycles. The maximum Gasteiger partial charge on any atom is 0.340 e. The summed E-state index contributed by atoms with van der Waals surface area (Å²) in [6.45, 7) is 28.4. The third kappa shape index (κ3) is 21.5. The van der Waals surface area contributed by atoms with Crippen LogP contribution in [-0.4, -0.2) is 232 Å². The molecule has 1 fully saturated rings. The Kier molecular flexibility index (Phi) is 32.5. The Hall–Kier alpha value is -7.44. The lowest BCUT2D eigenvalue weighted by Gasteiger charge is -2.47. The number of hydrogen-bond donors (Lipinski definition) is 5. The Balaban J connectivity index is 3.19. The largest absolute Gasteiger partial charge is 0.425 e. The highest BCUT2D eigenvalue weighted by Gasteiger charge is 2.57. The molecule has 1 aliphatic rings. The molecule has 5 N–H and O–H groups in total. The van der Waals surface area contributed by atoms with Gasteiger partial charge < -0.3 is 60.5 Å². The zero-order valence-electron chi connectivity index (χ0n) is 60.7. The molecule has 0 spiro atoms. The van der Waals surface area contributed by atoms with Crippen molar-refractivity contribution in [2.24, 2.45) is 41.4 Å². The van der Waals surface area contributed by atoms with Crippen LogP contribution in [0.25, 0.3) is 0 Å². The van der Waals surface area contributed by atoms with E-state index in [1.54, 1.807) is 65.0 Å². The van der Waals surface area contributed by atoms with Crippen molar-refractivity contribution in [1.82, 2.24) is 55.6 Å². The molecule has 2 rings (SSSR count). The van der Waals surface area contributed by atoms with E-state index in [-0.39, 0.29) is 67.8 Å². The molecule has 1 aromatic carbocycles. The predicted molar refractivity (Wildman–Crippen MR) is 359 cm³/mol. The van der Waals surface area contributed by atoms with Crippen molar-refractivity contribution in [2.45, 2.75) is 222 Å². The standard InChI is InChI=1S/C69H115N11O14/c1-25-27-31-45(15)57(82)56-61(86)72-49(26-2)63(88)74(18)38-54(81)75(19)50(34-39(3)4)60(85)73-55(43(11)12)66(91)76(20)51(35-40(5)6)59(84)70-46(16)58(83)71-47(17)62(87)77(21)52(36-41(7)8)64(89)78(22)53(37-42(9)10)65(90)80(24)69(44(13)14,68(93)79(56)23)94-67(92)48-32-29-28-30-33-48/h25,27-30,32-33,39-47,49-53,55-57,82H,26,31,34-38H2,1-24H3,(H,70,84)(H,71,83)(H,72,86)(H,73,85)/b27-25+/t45-,46+,47-,49+,50+,51+,52+,53+,55+,56+,57-,69+/m1/s1. The lowest BCUT2D eigenvalue weighted by Crippen LogP contribution is -2.70. The molecule has 94 heavy (non-hydrogen) atoms. The summed E-state index contributed by atoms with van der Waals surface area (Å²) in [5.41, 5.74) is -2.68. The number of likely N-dealkylation sites (N-methyl/N-ethyl adjacent to an activating group) is 7. The zero-order valence-corrected chi connectivity index (χ0v) is 60.7. The molecule has 0 saturated carbocycles. The van der Waals surface area contributed by atoms with Gasteiger partial charge in [0.15, 0.2) is 0 Å². The van der Waals surface area contributed by atoms with Gasteiger partial charge in [0.1, 0.15) is 54.4 Å². The summed E-state index contributed by atoms with van der Waals surface area (Å²) in [6.07, 6.45) is 2.24. The van der Waals surface area contributed by atoms with Gasteiger partial charge in [-0.25, -0.2) is 4.79 Å². The number of esters is 1. The van der Waals surface area contributed by atoms with Crippen LogP contribution < -0.4 is 21.3 Å². The first kappa shape index (κ1) is 82.7. The molecule has 0 bridgehead atoms. The SMILES string of the molecule is C/C=C/C[C@@H](C)[C@@H](O)[C@H]1C(=O)N[C@@H](CC)C(=O)N(C)CC(=O)N(C)[C@@H](CC(C)C)C(=O)N[C@@H](C(C)C)C(=O)N(C)[C@@H](CC(C)C)C(=O)N[C@@H](C)C(=O)N[C@H](C)C(=O)N(C)[C@@H](CC(C)C)C(=O)N(C)[C@@H](CC(C)C)C(=O)N(C)[C@](OC(=O)c2ccccc2)(C(C)C)C(=O)N1C. The predicted octanol–water partition coefficient (Wildman–Crippen LogP) is 4.45. The highest BCUT2D eigenvalue weighted by molar-refractivity contribution is 6.01. The highest BCUT2D eigenvalue weighted by atomic mass is 16.6. The molecular formula is C69H115N11O14. The number of nitrogens with zero attached hydrogens (tertiary/aromatic N) is 7. The van der Waals surface area contributed by atoms with E-state index in [1.807, 2.05) is 55.4 Å². The van der Waals surface area contributed by atoms with Gasteiger partial charge in [0, 0.05) is 55.3 Å². The van der Waals surface area contributed by atoms with Crippen LogP contribution in [0.3, 0.4) is 0 Å². The molecule has 1 heterocycles. The molecule has 0 aromatic heterocycles. The Morgan fingerprint density at radius 2 is 1.02 bits per heavy atom. The quantitative estimate of drug-likeness (QED) is 0.106. The van der Waals surface area contributed by atoms with Crippen LogP contribution >= 0.6 is 0 Å². The zero-order chi connectivity index (χ0) is 72.3. The molecule has 1 saturated heterocycles. The van der Waals surface area contributed by atoms with Crippen molar-refractivity contribution < 1.29 is 67.4 Å². The van der Waals surface area contributed by atoms with Crippen LogP contribution in [0.4, 0.5) is 0 Å². The van der Waals surface area contributed by atoms with Crippen molar-refractivity contribution in [3.8, 4) is 0 Å². The number of amides is 11. The number of aliphatic hydroxyl groups excluding tert-OH is 1. The van der Waals surface area contributed by atoms with Crippen LogP contribution in [0.1, 0.15) is 167 Å². The smallest absolute Gasteiger partial charge is 0.340 e. The van der Waals surface area contributed by atoms with Gasteiger partial charge in [-0.2, -0.15) is 0 Å². The maximum absolute atomic E-state index is 16.1. The Morgan fingerprint density at radius 1 is 0.564 bits per heavy atom. The topological polar surface area (TPSA) is 305 Å². The number of hydrogen-bond acceptors (Lipinski definition) is 14. The van der Waals surface area contributed by atoms with Crippen molar-refractivity contribution >= 4 is 70.9 Å². The first-order valence-corrected chi connectivity index (χ1v) is 33.2. The van der Waals surface area contributed by atoms with Gasteiger partial charge in [-0.3, -0.25) is 57.6 Å². The molecular weight excluding hydrogens is 1210 g/mol. The number of aliphatic hydroxyl groups is 1. The monoisotopic (exact) mass is 1320 g/mol. The van der Waals surface area contributed by atoms with Crippen LogP contribution in [0.5, 0.6) is 0 Å². The third-order valence-corrected chi connectivity index (χ3v) is 17.6. The molecule has 0 unspecified atom stereocenters. The van der Waals surface area contributed by atoms with Crippen LogP contribution in [-0.2, 0) is 57.5 Å².